The second-order valence-corrected chi connectivity index (χ2v) is 5.51. The number of hydrogen-bond donors (Lipinski definition) is 0. The van der Waals surface area contributed by atoms with E-state index in [1.807, 2.05) is 31.2 Å². The van der Waals surface area contributed by atoms with Gasteiger partial charge in [-0.3, -0.25) is 4.79 Å². The molecule has 0 unspecified atom stereocenters. The zero-order valence-corrected chi connectivity index (χ0v) is 13.4. The molecule has 0 radical (unpaired) electrons. The van der Waals surface area contributed by atoms with Crippen LogP contribution in [-0.2, 0) is 17.8 Å². The molecule has 0 aliphatic heterocycles. The lowest BCUT2D eigenvalue weighted by Gasteiger charge is -2.20. The van der Waals surface area contributed by atoms with E-state index in [1.54, 1.807) is 13.1 Å². The summed E-state index contributed by atoms with van der Waals surface area (Å²) >= 11 is 0. The average molecular weight is 337 g/mol. The number of alkyl halides is 3. The summed E-state index contributed by atoms with van der Waals surface area (Å²) < 4.78 is 41.4. The molecule has 0 saturated heterocycles. The van der Waals surface area contributed by atoms with Crippen LogP contribution in [0.5, 0.6) is 5.75 Å². The Balaban J connectivity index is 2.08. The summed E-state index contributed by atoms with van der Waals surface area (Å²) in [5, 5.41) is 0. The Morgan fingerprint density at radius 2 is 1.62 bits per heavy atom. The zero-order valence-electron chi connectivity index (χ0n) is 13.4. The topological polar surface area (TPSA) is 29.5 Å². The van der Waals surface area contributed by atoms with Gasteiger partial charge in [-0.15, -0.1) is 13.2 Å². The number of rotatable bonds is 5. The van der Waals surface area contributed by atoms with Crippen LogP contribution >= 0.6 is 0 Å². The lowest BCUT2D eigenvalue weighted by Crippen LogP contribution is -2.28. The summed E-state index contributed by atoms with van der Waals surface area (Å²) in [6.07, 6.45) is -4.56. The van der Waals surface area contributed by atoms with Crippen molar-refractivity contribution < 1.29 is 22.7 Å². The van der Waals surface area contributed by atoms with E-state index in [9.17, 15) is 18.0 Å². The number of carbonyl (C=O) groups is 1. The second kappa shape index (κ2) is 7.38. The molecule has 0 bridgehead atoms. The molecule has 0 spiro atoms. The van der Waals surface area contributed by atoms with Crippen molar-refractivity contribution in [2.45, 2.75) is 26.3 Å². The van der Waals surface area contributed by atoms with Crippen molar-refractivity contribution in [3.05, 3.63) is 65.2 Å². The minimum atomic E-state index is -4.76. The molecule has 6 heteroatoms. The third-order valence-corrected chi connectivity index (χ3v) is 3.63. The molecule has 0 atom stereocenters. The highest BCUT2D eigenvalue weighted by molar-refractivity contribution is 5.79. The van der Waals surface area contributed by atoms with Gasteiger partial charge in [0, 0.05) is 19.2 Å². The maximum absolute atomic E-state index is 12.4. The van der Waals surface area contributed by atoms with E-state index in [4.69, 9.17) is 0 Å². The number of nitrogens with zero attached hydrogens (tertiary/aromatic N) is 1. The molecule has 24 heavy (non-hydrogen) atoms. The van der Waals surface area contributed by atoms with Crippen LogP contribution < -0.4 is 4.74 Å². The average Bonchev–Trinajstić information content (AvgIpc) is 2.50. The summed E-state index contributed by atoms with van der Waals surface area (Å²) in [6, 6.07) is 13.3. The van der Waals surface area contributed by atoms with E-state index in [-0.39, 0.29) is 24.6 Å². The minimum Gasteiger partial charge on any atom is -0.405 e. The number of hydrogen-bond acceptors (Lipinski definition) is 2. The number of aryl methyl sites for hydroxylation is 1. The summed E-state index contributed by atoms with van der Waals surface area (Å²) in [7, 11) is 1.56. The zero-order chi connectivity index (χ0) is 17.7. The monoisotopic (exact) mass is 337 g/mol. The molecular weight excluding hydrogens is 319 g/mol. The van der Waals surface area contributed by atoms with Gasteiger partial charge in [0.2, 0.25) is 5.91 Å². The first kappa shape index (κ1) is 17.8. The van der Waals surface area contributed by atoms with E-state index in [0.29, 0.717) is 5.56 Å². The predicted molar refractivity (Wildman–Crippen MR) is 84.5 cm³/mol. The van der Waals surface area contributed by atoms with Crippen molar-refractivity contribution in [2.75, 3.05) is 7.05 Å². The van der Waals surface area contributed by atoms with Crippen LogP contribution in [0.3, 0.4) is 0 Å². The highest BCUT2D eigenvalue weighted by atomic mass is 19.4. The Bertz CT molecular complexity index is 713. The van der Waals surface area contributed by atoms with E-state index < -0.39 is 6.36 Å². The fourth-order valence-electron chi connectivity index (χ4n) is 2.31. The van der Waals surface area contributed by atoms with Gasteiger partial charge in [0.15, 0.2) is 0 Å². The van der Waals surface area contributed by atoms with Crippen LogP contribution in [0.1, 0.15) is 16.7 Å². The lowest BCUT2D eigenvalue weighted by molar-refractivity contribution is -0.275. The maximum Gasteiger partial charge on any atom is 0.573 e. The molecule has 3 nitrogen and oxygen atoms in total. The fourth-order valence-corrected chi connectivity index (χ4v) is 2.31. The lowest BCUT2D eigenvalue weighted by atomic mass is 10.1. The minimum absolute atomic E-state index is 0.0387. The molecule has 0 aliphatic carbocycles. The number of likely N-dealkylation sites (N-methyl/N-ethyl adjacent to an activating group) is 1. The first-order valence-electron chi connectivity index (χ1n) is 7.38. The van der Waals surface area contributed by atoms with Crippen LogP contribution in [0.25, 0.3) is 0 Å². The number of amides is 1. The van der Waals surface area contributed by atoms with Crippen LogP contribution in [0, 0.1) is 6.92 Å². The Morgan fingerprint density at radius 1 is 1.04 bits per heavy atom. The molecule has 2 aromatic rings. The van der Waals surface area contributed by atoms with Crippen molar-refractivity contribution in [3.8, 4) is 5.75 Å². The first-order valence-corrected chi connectivity index (χ1v) is 7.38. The summed E-state index contributed by atoms with van der Waals surface area (Å²) in [6.45, 7) is 1.95. The Kier molecular flexibility index (Phi) is 5.49. The van der Waals surface area contributed by atoms with Gasteiger partial charge in [-0.2, -0.15) is 0 Å². The van der Waals surface area contributed by atoms with Gasteiger partial charge in [-0.05, 0) is 24.1 Å². The number of ether oxygens (including phenoxy) is 1. The maximum atomic E-state index is 12.4. The summed E-state index contributed by atoms with van der Waals surface area (Å²) in [5.74, 6) is -0.466. The SMILES string of the molecule is Cc1ccccc1CC(=O)N(C)Cc1ccccc1OC(F)(F)F. The third kappa shape index (κ3) is 5.01. The highest BCUT2D eigenvalue weighted by Crippen LogP contribution is 2.27. The molecule has 0 aromatic heterocycles. The molecule has 0 aliphatic rings. The smallest absolute Gasteiger partial charge is 0.405 e. The number of halogens is 3. The third-order valence-electron chi connectivity index (χ3n) is 3.63. The highest BCUT2D eigenvalue weighted by Gasteiger charge is 2.32. The van der Waals surface area contributed by atoms with Gasteiger partial charge in [-0.1, -0.05) is 42.5 Å². The molecule has 128 valence electrons. The molecule has 0 fully saturated rings. The normalized spacial score (nSPS) is 11.2. The fraction of sp³-hybridized carbons (Fsp3) is 0.278. The molecular formula is C18H18F3NO2. The van der Waals surface area contributed by atoms with Gasteiger partial charge < -0.3 is 9.64 Å². The Labute approximate surface area is 138 Å². The van der Waals surface area contributed by atoms with Crippen molar-refractivity contribution in [2.24, 2.45) is 0 Å². The van der Waals surface area contributed by atoms with Crippen molar-refractivity contribution >= 4 is 5.91 Å². The van der Waals surface area contributed by atoms with Crippen LogP contribution in [-0.4, -0.2) is 24.2 Å². The van der Waals surface area contributed by atoms with Gasteiger partial charge in [0.25, 0.3) is 0 Å². The molecule has 0 N–H and O–H groups in total. The van der Waals surface area contributed by atoms with Gasteiger partial charge in [0.05, 0.1) is 6.42 Å². The van der Waals surface area contributed by atoms with E-state index >= 15 is 0 Å². The number of carbonyl (C=O) groups excluding carboxylic acids is 1. The van der Waals surface area contributed by atoms with Gasteiger partial charge >= 0.3 is 6.36 Å². The molecule has 2 aromatic carbocycles. The van der Waals surface area contributed by atoms with E-state index in [1.165, 1.54) is 23.1 Å². The second-order valence-electron chi connectivity index (χ2n) is 5.51. The molecule has 2 rings (SSSR count). The molecule has 0 heterocycles. The van der Waals surface area contributed by atoms with Crippen molar-refractivity contribution in [1.82, 2.24) is 4.90 Å². The van der Waals surface area contributed by atoms with Gasteiger partial charge in [0.1, 0.15) is 5.75 Å². The van der Waals surface area contributed by atoms with Crippen LogP contribution in [0.4, 0.5) is 13.2 Å². The molecule has 1 amide bonds. The van der Waals surface area contributed by atoms with Crippen molar-refractivity contribution in [1.29, 1.82) is 0 Å². The standard InChI is InChI=1S/C18H18F3NO2/c1-13-7-3-4-8-14(13)11-17(23)22(2)12-15-9-5-6-10-16(15)24-18(19,20)21/h3-10H,11-12H2,1-2H3. The van der Waals surface area contributed by atoms with Gasteiger partial charge in [-0.25, -0.2) is 0 Å². The van der Waals surface area contributed by atoms with Crippen molar-refractivity contribution in [3.63, 3.8) is 0 Å². The largest absolute Gasteiger partial charge is 0.573 e. The Morgan fingerprint density at radius 3 is 2.25 bits per heavy atom. The van der Waals surface area contributed by atoms with E-state index in [2.05, 4.69) is 4.74 Å². The van der Waals surface area contributed by atoms with Crippen LogP contribution in [0.15, 0.2) is 48.5 Å². The summed E-state index contributed by atoms with van der Waals surface area (Å²) in [4.78, 5) is 13.7. The number of para-hydroxylation sites is 1. The molecule has 0 saturated carbocycles. The van der Waals surface area contributed by atoms with E-state index in [0.717, 1.165) is 11.1 Å². The predicted octanol–water partition coefficient (Wildman–Crippen LogP) is 4.09. The summed E-state index contributed by atoms with van der Waals surface area (Å²) in [5.41, 5.74) is 2.20. The quantitative estimate of drug-likeness (QED) is 0.822. The number of benzene rings is 2. The first-order chi connectivity index (χ1) is 11.3. The Hall–Kier alpha value is -2.50. The van der Waals surface area contributed by atoms with Crippen LogP contribution in [0.2, 0.25) is 0 Å².